The Bertz CT molecular complexity index is 394. The standard InChI is InChI=1S/C23H40Ge/c1-4-7-13-19-24(20-14-8-5-2,21-15-9-6-3)22-18-23-16-11-10-12-17-23/h10-12,16-18,22H,4-9,13-15,19-21H2,1-3H3. The zero-order valence-electron chi connectivity index (χ0n) is 16.5. The number of benzene rings is 1. The number of hydrogen-bond donors (Lipinski definition) is 0. The van der Waals surface area contributed by atoms with Gasteiger partial charge in [-0.25, -0.2) is 0 Å². The summed E-state index contributed by atoms with van der Waals surface area (Å²) in [5, 5.41) is 4.68. The molecule has 0 unspecified atom stereocenters. The van der Waals surface area contributed by atoms with E-state index in [0.29, 0.717) is 0 Å². The van der Waals surface area contributed by atoms with Gasteiger partial charge in [-0.2, -0.15) is 0 Å². The first-order valence-electron chi connectivity index (χ1n) is 10.5. The van der Waals surface area contributed by atoms with Gasteiger partial charge in [0, 0.05) is 0 Å². The molecule has 0 bridgehead atoms. The second-order valence-electron chi connectivity index (χ2n) is 7.48. The van der Waals surface area contributed by atoms with Gasteiger partial charge in [0.25, 0.3) is 0 Å². The molecule has 0 radical (unpaired) electrons. The van der Waals surface area contributed by atoms with Gasteiger partial charge in [-0.05, 0) is 0 Å². The first kappa shape index (κ1) is 21.5. The zero-order chi connectivity index (χ0) is 17.5. The van der Waals surface area contributed by atoms with Gasteiger partial charge in [0.1, 0.15) is 0 Å². The number of unbranched alkanes of at least 4 members (excludes halogenated alkanes) is 6. The van der Waals surface area contributed by atoms with Crippen LogP contribution in [0.5, 0.6) is 0 Å². The van der Waals surface area contributed by atoms with Gasteiger partial charge in [0.15, 0.2) is 0 Å². The van der Waals surface area contributed by atoms with Crippen LogP contribution in [0.15, 0.2) is 35.2 Å². The summed E-state index contributed by atoms with van der Waals surface area (Å²) in [5.74, 6) is 0. The van der Waals surface area contributed by atoms with Gasteiger partial charge in [-0.3, -0.25) is 0 Å². The molecule has 0 aliphatic carbocycles. The normalized spacial score (nSPS) is 12.1. The third-order valence-electron chi connectivity index (χ3n) is 5.26. The van der Waals surface area contributed by atoms with Crippen molar-refractivity contribution in [2.75, 3.05) is 0 Å². The van der Waals surface area contributed by atoms with E-state index in [4.69, 9.17) is 0 Å². The Kier molecular flexibility index (Phi) is 12.3. The quantitative estimate of drug-likeness (QED) is 0.222. The van der Waals surface area contributed by atoms with Crippen LogP contribution >= 0.6 is 0 Å². The van der Waals surface area contributed by atoms with Crippen LogP contribution in [0, 0.1) is 0 Å². The van der Waals surface area contributed by atoms with Crippen molar-refractivity contribution in [2.45, 2.75) is 94.3 Å². The molecule has 0 heterocycles. The Morgan fingerprint density at radius 2 is 1.12 bits per heavy atom. The van der Waals surface area contributed by atoms with E-state index in [9.17, 15) is 0 Å². The molecule has 0 aliphatic rings. The maximum atomic E-state index is 2.77. The monoisotopic (exact) mass is 390 g/mol. The molecule has 0 amide bonds. The average molecular weight is 389 g/mol. The first-order chi connectivity index (χ1) is 11.8. The van der Waals surface area contributed by atoms with Crippen LogP contribution in [0.4, 0.5) is 0 Å². The Morgan fingerprint density at radius 1 is 0.667 bits per heavy atom. The van der Waals surface area contributed by atoms with Crippen LogP contribution < -0.4 is 0 Å². The van der Waals surface area contributed by atoms with Crippen molar-refractivity contribution >= 4 is 19.3 Å². The van der Waals surface area contributed by atoms with Crippen molar-refractivity contribution in [3.8, 4) is 0 Å². The molecule has 0 nitrogen and oxygen atoms in total. The molecule has 1 rings (SSSR count). The Balaban J connectivity index is 2.85. The fourth-order valence-electron chi connectivity index (χ4n) is 3.64. The molecule has 0 fully saturated rings. The summed E-state index contributed by atoms with van der Waals surface area (Å²) >= 11 is -1.86. The van der Waals surface area contributed by atoms with Crippen LogP contribution in [0.25, 0.3) is 6.08 Å². The van der Waals surface area contributed by atoms with E-state index >= 15 is 0 Å². The van der Waals surface area contributed by atoms with Crippen LogP contribution in [-0.2, 0) is 0 Å². The van der Waals surface area contributed by atoms with Gasteiger partial charge in [0.2, 0.25) is 0 Å². The second kappa shape index (κ2) is 13.8. The second-order valence-corrected chi connectivity index (χ2v) is 17.0. The third kappa shape index (κ3) is 9.11. The summed E-state index contributed by atoms with van der Waals surface area (Å²) in [5.41, 5.74) is 1.40. The van der Waals surface area contributed by atoms with Gasteiger partial charge in [-0.15, -0.1) is 0 Å². The molecule has 0 N–H and O–H groups in total. The molecule has 24 heavy (non-hydrogen) atoms. The van der Waals surface area contributed by atoms with Gasteiger partial charge in [-0.1, -0.05) is 0 Å². The summed E-state index contributed by atoms with van der Waals surface area (Å²) < 4.78 is 0. The Labute approximate surface area is 154 Å². The molecule has 1 aromatic carbocycles. The molecule has 1 aromatic rings. The summed E-state index contributed by atoms with van der Waals surface area (Å²) in [6, 6.07) is 11.0. The van der Waals surface area contributed by atoms with Gasteiger partial charge >= 0.3 is 154 Å². The van der Waals surface area contributed by atoms with Crippen molar-refractivity contribution in [2.24, 2.45) is 0 Å². The molecular formula is C23H40Ge. The Morgan fingerprint density at radius 3 is 1.54 bits per heavy atom. The van der Waals surface area contributed by atoms with Crippen LogP contribution in [0.2, 0.25) is 15.8 Å². The van der Waals surface area contributed by atoms with E-state index in [0.717, 1.165) is 0 Å². The van der Waals surface area contributed by atoms with Gasteiger partial charge in [0.05, 0.1) is 0 Å². The summed E-state index contributed by atoms with van der Waals surface area (Å²) in [4.78, 5) is 2.77. The average Bonchev–Trinajstić information content (AvgIpc) is 2.61. The molecule has 136 valence electrons. The van der Waals surface area contributed by atoms with Crippen molar-refractivity contribution < 1.29 is 0 Å². The maximum absolute atomic E-state index is 2.77. The van der Waals surface area contributed by atoms with Crippen molar-refractivity contribution in [1.29, 1.82) is 0 Å². The summed E-state index contributed by atoms with van der Waals surface area (Å²) in [6.07, 6.45) is 15.2. The minimum absolute atomic E-state index is 1.35. The molecule has 0 aromatic heterocycles. The molecular weight excluding hydrogens is 349 g/mol. The number of rotatable bonds is 14. The molecule has 1 heteroatoms. The zero-order valence-corrected chi connectivity index (χ0v) is 18.6. The molecule has 0 saturated carbocycles. The topological polar surface area (TPSA) is 0 Å². The van der Waals surface area contributed by atoms with Crippen molar-refractivity contribution in [1.82, 2.24) is 0 Å². The minimum atomic E-state index is -1.86. The fourth-order valence-corrected chi connectivity index (χ4v) is 13.4. The molecule has 0 saturated heterocycles. The van der Waals surface area contributed by atoms with E-state index < -0.39 is 13.3 Å². The fraction of sp³-hybridized carbons (Fsp3) is 0.652. The number of hydrogen-bond acceptors (Lipinski definition) is 0. The van der Waals surface area contributed by atoms with E-state index in [1.54, 1.807) is 15.8 Å². The Hall–Kier alpha value is -0.497. The molecule has 0 atom stereocenters. The van der Waals surface area contributed by atoms with E-state index in [1.165, 1.54) is 63.4 Å². The summed E-state index contributed by atoms with van der Waals surface area (Å²) in [7, 11) is 0. The van der Waals surface area contributed by atoms with Crippen LogP contribution in [0.3, 0.4) is 0 Å². The van der Waals surface area contributed by atoms with Gasteiger partial charge < -0.3 is 0 Å². The third-order valence-corrected chi connectivity index (χ3v) is 15.6. The molecule has 0 spiro atoms. The van der Waals surface area contributed by atoms with Crippen molar-refractivity contribution in [3.63, 3.8) is 0 Å². The van der Waals surface area contributed by atoms with Crippen molar-refractivity contribution in [3.05, 3.63) is 40.8 Å². The van der Waals surface area contributed by atoms with Crippen LogP contribution in [0.1, 0.15) is 84.1 Å². The predicted octanol–water partition coefficient (Wildman–Crippen LogP) is 8.26. The van der Waals surface area contributed by atoms with E-state index in [1.807, 2.05) is 0 Å². The first-order valence-corrected chi connectivity index (χ1v) is 16.2. The van der Waals surface area contributed by atoms with Crippen LogP contribution in [-0.4, -0.2) is 13.3 Å². The molecule has 0 aliphatic heterocycles. The predicted molar refractivity (Wildman–Crippen MR) is 114 cm³/mol. The SMILES string of the molecule is CCCC[CH2][Ge]([CH]=Cc1ccccc1)([CH2]CCCC)[CH2]CCCC. The van der Waals surface area contributed by atoms with E-state index in [2.05, 4.69) is 62.1 Å². The van der Waals surface area contributed by atoms with E-state index in [-0.39, 0.29) is 0 Å². The summed E-state index contributed by atoms with van der Waals surface area (Å²) in [6.45, 7) is 7.01.